The number of nitrogens with one attached hydrogen (secondary N) is 1. The van der Waals surface area contributed by atoms with E-state index in [2.05, 4.69) is 10.2 Å². The van der Waals surface area contributed by atoms with Gasteiger partial charge < -0.3 is 10.1 Å². The lowest BCUT2D eigenvalue weighted by Crippen LogP contribution is -2.59. The van der Waals surface area contributed by atoms with Gasteiger partial charge in [0.15, 0.2) is 0 Å². The van der Waals surface area contributed by atoms with Gasteiger partial charge in [-0.1, -0.05) is 18.6 Å². The Morgan fingerprint density at radius 3 is 2.61 bits per heavy atom. The molecule has 0 amide bonds. The van der Waals surface area contributed by atoms with Gasteiger partial charge in [0.1, 0.15) is 5.82 Å². The molecule has 128 valence electrons. The van der Waals surface area contributed by atoms with Crippen molar-refractivity contribution in [1.82, 2.24) is 10.2 Å². The molecule has 23 heavy (non-hydrogen) atoms. The number of aryl methyl sites for hydroxylation is 1. The van der Waals surface area contributed by atoms with Crippen LogP contribution >= 0.6 is 0 Å². The molecule has 1 N–H and O–H groups in total. The molecule has 0 radical (unpaired) electrons. The van der Waals surface area contributed by atoms with Crippen LogP contribution in [-0.4, -0.2) is 43.3 Å². The highest BCUT2D eigenvalue weighted by Gasteiger charge is 2.38. The lowest BCUT2D eigenvalue weighted by molar-refractivity contribution is -0.0358. The van der Waals surface area contributed by atoms with Crippen LogP contribution in [0.2, 0.25) is 0 Å². The number of likely N-dealkylation sites (tertiary alicyclic amines) is 1. The van der Waals surface area contributed by atoms with Crippen LogP contribution in [0.15, 0.2) is 18.2 Å². The minimum absolute atomic E-state index is 0.122. The van der Waals surface area contributed by atoms with Crippen molar-refractivity contribution < 1.29 is 9.13 Å². The van der Waals surface area contributed by atoms with E-state index in [9.17, 15) is 4.39 Å². The Kier molecular flexibility index (Phi) is 5.67. The normalized spacial score (nSPS) is 22.2. The summed E-state index contributed by atoms with van der Waals surface area (Å²) in [6.45, 7) is 7.80. The third kappa shape index (κ3) is 4.11. The fourth-order valence-electron chi connectivity index (χ4n) is 3.98. The standard InChI is InChI=1S/C19H29FN2O/c1-16-13-17(5-6-18(16)20)14-21-15-19(7-11-23-12-8-19)22-9-3-2-4-10-22/h5-6,13,21H,2-4,7-12,14-15H2,1H3. The fraction of sp³-hybridized carbons (Fsp3) is 0.684. The molecule has 0 aromatic heterocycles. The molecule has 0 unspecified atom stereocenters. The van der Waals surface area contributed by atoms with E-state index in [-0.39, 0.29) is 11.4 Å². The summed E-state index contributed by atoms with van der Waals surface area (Å²) < 4.78 is 19.0. The molecule has 4 heteroatoms. The van der Waals surface area contributed by atoms with Gasteiger partial charge in [-0.2, -0.15) is 0 Å². The first-order valence-corrected chi connectivity index (χ1v) is 8.98. The van der Waals surface area contributed by atoms with E-state index in [0.29, 0.717) is 0 Å². The molecule has 1 aromatic rings. The van der Waals surface area contributed by atoms with E-state index in [1.54, 1.807) is 6.07 Å². The first-order chi connectivity index (χ1) is 11.2. The van der Waals surface area contributed by atoms with E-state index in [1.165, 1.54) is 32.4 Å². The van der Waals surface area contributed by atoms with Gasteiger partial charge in [-0.3, -0.25) is 4.90 Å². The van der Waals surface area contributed by atoms with Crippen molar-refractivity contribution in [3.63, 3.8) is 0 Å². The molecule has 2 aliphatic rings. The smallest absolute Gasteiger partial charge is 0.126 e. The summed E-state index contributed by atoms with van der Waals surface area (Å²) >= 11 is 0. The lowest BCUT2D eigenvalue weighted by atomic mass is 9.86. The second kappa shape index (κ2) is 7.73. The molecular weight excluding hydrogens is 291 g/mol. The number of piperidine rings is 1. The van der Waals surface area contributed by atoms with Crippen LogP contribution < -0.4 is 5.32 Å². The lowest BCUT2D eigenvalue weighted by Gasteiger charge is -2.48. The molecular formula is C19H29FN2O. The van der Waals surface area contributed by atoms with E-state index in [4.69, 9.17) is 4.74 Å². The highest BCUT2D eigenvalue weighted by molar-refractivity contribution is 5.23. The van der Waals surface area contributed by atoms with Gasteiger partial charge in [0.05, 0.1) is 0 Å². The van der Waals surface area contributed by atoms with Crippen molar-refractivity contribution in [2.45, 2.75) is 51.1 Å². The molecule has 3 rings (SSSR count). The van der Waals surface area contributed by atoms with Crippen LogP contribution in [0.1, 0.15) is 43.2 Å². The molecule has 0 bridgehead atoms. The van der Waals surface area contributed by atoms with Crippen molar-refractivity contribution in [1.29, 1.82) is 0 Å². The minimum atomic E-state index is -0.122. The molecule has 0 atom stereocenters. The number of nitrogens with zero attached hydrogens (tertiary/aromatic N) is 1. The molecule has 2 fully saturated rings. The Hall–Kier alpha value is -0.970. The van der Waals surface area contributed by atoms with E-state index < -0.39 is 0 Å². The van der Waals surface area contributed by atoms with E-state index >= 15 is 0 Å². The zero-order valence-corrected chi connectivity index (χ0v) is 14.2. The maximum Gasteiger partial charge on any atom is 0.126 e. The van der Waals surface area contributed by atoms with Crippen LogP contribution in [0, 0.1) is 12.7 Å². The third-order valence-corrected chi connectivity index (χ3v) is 5.46. The number of hydrogen-bond acceptors (Lipinski definition) is 3. The van der Waals surface area contributed by atoms with E-state index in [1.807, 2.05) is 19.1 Å². The Morgan fingerprint density at radius 1 is 1.17 bits per heavy atom. The summed E-state index contributed by atoms with van der Waals surface area (Å²) in [5.41, 5.74) is 2.12. The zero-order chi connectivity index (χ0) is 16.1. The summed E-state index contributed by atoms with van der Waals surface area (Å²) in [4.78, 5) is 2.70. The first kappa shape index (κ1) is 16.9. The van der Waals surface area contributed by atoms with E-state index in [0.717, 1.165) is 50.3 Å². The number of rotatable bonds is 5. The van der Waals surface area contributed by atoms with Gasteiger partial charge in [0.2, 0.25) is 0 Å². The predicted molar refractivity (Wildman–Crippen MR) is 91.1 cm³/mol. The van der Waals surface area contributed by atoms with Crippen LogP contribution in [0.3, 0.4) is 0 Å². The van der Waals surface area contributed by atoms with Crippen molar-refractivity contribution in [3.05, 3.63) is 35.1 Å². The molecule has 2 saturated heterocycles. The number of ether oxygens (including phenoxy) is 1. The van der Waals surface area contributed by atoms with Gasteiger partial charge in [-0.25, -0.2) is 4.39 Å². The van der Waals surface area contributed by atoms with Crippen molar-refractivity contribution in [3.8, 4) is 0 Å². The Morgan fingerprint density at radius 2 is 1.91 bits per heavy atom. The average molecular weight is 320 g/mol. The largest absolute Gasteiger partial charge is 0.381 e. The summed E-state index contributed by atoms with van der Waals surface area (Å²) in [7, 11) is 0. The second-order valence-electron chi connectivity index (χ2n) is 7.07. The van der Waals surface area contributed by atoms with Gasteiger partial charge in [0, 0.05) is 31.8 Å². The van der Waals surface area contributed by atoms with Gasteiger partial charge in [-0.15, -0.1) is 0 Å². The summed E-state index contributed by atoms with van der Waals surface area (Å²) in [6, 6.07) is 5.40. The number of hydrogen-bond donors (Lipinski definition) is 1. The quantitative estimate of drug-likeness (QED) is 0.901. The van der Waals surface area contributed by atoms with Crippen molar-refractivity contribution in [2.75, 3.05) is 32.8 Å². The van der Waals surface area contributed by atoms with Crippen LogP contribution in [0.5, 0.6) is 0 Å². The molecule has 3 nitrogen and oxygen atoms in total. The second-order valence-corrected chi connectivity index (χ2v) is 7.07. The maximum absolute atomic E-state index is 13.4. The Labute approximate surface area is 139 Å². The Balaban J connectivity index is 1.60. The third-order valence-electron chi connectivity index (χ3n) is 5.46. The Bertz CT molecular complexity index is 508. The van der Waals surface area contributed by atoms with Gasteiger partial charge in [0.25, 0.3) is 0 Å². The highest BCUT2D eigenvalue weighted by atomic mass is 19.1. The molecule has 1 aromatic carbocycles. The first-order valence-electron chi connectivity index (χ1n) is 8.98. The summed E-state index contributed by atoms with van der Waals surface area (Å²) in [5, 5.41) is 3.64. The fourth-order valence-corrected chi connectivity index (χ4v) is 3.98. The van der Waals surface area contributed by atoms with Crippen LogP contribution in [0.25, 0.3) is 0 Å². The molecule has 0 saturated carbocycles. The van der Waals surface area contributed by atoms with Crippen molar-refractivity contribution in [2.24, 2.45) is 0 Å². The zero-order valence-electron chi connectivity index (χ0n) is 14.2. The predicted octanol–water partition coefficient (Wildman–Crippen LogP) is 3.26. The number of benzene rings is 1. The molecule has 0 aliphatic carbocycles. The molecule has 2 aliphatic heterocycles. The van der Waals surface area contributed by atoms with Gasteiger partial charge >= 0.3 is 0 Å². The molecule has 2 heterocycles. The van der Waals surface area contributed by atoms with Crippen molar-refractivity contribution >= 4 is 0 Å². The van der Waals surface area contributed by atoms with Crippen LogP contribution in [0.4, 0.5) is 4.39 Å². The van der Waals surface area contributed by atoms with Crippen LogP contribution in [-0.2, 0) is 11.3 Å². The molecule has 0 spiro atoms. The summed E-state index contributed by atoms with van der Waals surface area (Å²) in [5.74, 6) is -0.122. The number of halogens is 1. The SMILES string of the molecule is Cc1cc(CNCC2(N3CCCCC3)CCOCC2)ccc1F. The highest BCUT2D eigenvalue weighted by Crippen LogP contribution is 2.30. The average Bonchev–Trinajstić information content (AvgIpc) is 2.60. The maximum atomic E-state index is 13.4. The minimum Gasteiger partial charge on any atom is -0.381 e. The topological polar surface area (TPSA) is 24.5 Å². The van der Waals surface area contributed by atoms with Gasteiger partial charge in [-0.05, 0) is 62.9 Å². The monoisotopic (exact) mass is 320 g/mol. The summed E-state index contributed by atoms with van der Waals surface area (Å²) in [6.07, 6.45) is 6.23.